The minimum atomic E-state index is -4.45. The molecule has 3 heterocycles. The van der Waals surface area contributed by atoms with Crippen LogP contribution in [-0.4, -0.2) is 60.8 Å². The van der Waals surface area contributed by atoms with Gasteiger partial charge in [-0.25, -0.2) is 22.7 Å². The van der Waals surface area contributed by atoms with Crippen LogP contribution in [-0.2, 0) is 22.9 Å². The second kappa shape index (κ2) is 6.58. The van der Waals surface area contributed by atoms with E-state index in [2.05, 4.69) is 14.9 Å². The third kappa shape index (κ3) is 3.78. The summed E-state index contributed by atoms with van der Waals surface area (Å²) in [5.41, 5.74) is 2.32. The number of rotatable bonds is 4. The van der Waals surface area contributed by atoms with Gasteiger partial charge in [-0.1, -0.05) is 0 Å². The van der Waals surface area contributed by atoms with Crippen molar-refractivity contribution in [1.29, 1.82) is 0 Å². The van der Waals surface area contributed by atoms with Gasteiger partial charge in [-0.2, -0.15) is 13.2 Å². The number of halogens is 3. The van der Waals surface area contributed by atoms with Crippen molar-refractivity contribution in [1.82, 2.24) is 14.3 Å². The summed E-state index contributed by atoms with van der Waals surface area (Å²) in [4.78, 5) is 11.4. The summed E-state index contributed by atoms with van der Waals surface area (Å²) >= 11 is 0. The molecule has 0 spiro atoms. The lowest BCUT2D eigenvalue weighted by molar-refractivity contribution is -0.130. The fourth-order valence-electron chi connectivity index (χ4n) is 4.52. The first kappa shape index (κ1) is 18.9. The van der Waals surface area contributed by atoms with E-state index in [9.17, 15) is 21.6 Å². The third-order valence-electron chi connectivity index (χ3n) is 5.81. The van der Waals surface area contributed by atoms with Crippen molar-refractivity contribution in [2.75, 3.05) is 36.8 Å². The summed E-state index contributed by atoms with van der Waals surface area (Å²) in [6, 6.07) is 0. The SMILES string of the molecule is Cc1nc2c(c(N3CC4CN(S(=O)(=O)CCC(F)(F)F)CC4C3)n1)CCC2. The molecule has 2 aliphatic heterocycles. The molecule has 1 aliphatic carbocycles. The molecular weight excluding hydrogens is 381 g/mol. The van der Waals surface area contributed by atoms with Crippen LogP contribution in [0, 0.1) is 18.8 Å². The number of sulfonamides is 1. The van der Waals surface area contributed by atoms with Crippen molar-refractivity contribution in [3.05, 3.63) is 17.1 Å². The molecule has 2 atom stereocenters. The number of aryl methyl sites for hydroxylation is 2. The summed E-state index contributed by atoms with van der Waals surface area (Å²) in [5, 5.41) is 0. The molecule has 10 heteroatoms. The highest BCUT2D eigenvalue weighted by atomic mass is 32.2. The topological polar surface area (TPSA) is 66.4 Å². The minimum Gasteiger partial charge on any atom is -0.356 e. The Labute approximate surface area is 156 Å². The lowest BCUT2D eigenvalue weighted by Crippen LogP contribution is -2.36. The summed E-state index contributed by atoms with van der Waals surface area (Å²) in [7, 11) is -3.86. The molecule has 0 amide bonds. The Balaban J connectivity index is 1.44. The van der Waals surface area contributed by atoms with E-state index in [1.54, 1.807) is 0 Å². The largest absolute Gasteiger partial charge is 0.390 e. The molecule has 0 bridgehead atoms. The Morgan fingerprint density at radius 3 is 2.37 bits per heavy atom. The van der Waals surface area contributed by atoms with Crippen LogP contribution in [0.25, 0.3) is 0 Å². The molecule has 150 valence electrons. The van der Waals surface area contributed by atoms with Crippen molar-refractivity contribution >= 4 is 15.8 Å². The Morgan fingerprint density at radius 2 is 1.74 bits per heavy atom. The monoisotopic (exact) mass is 404 g/mol. The van der Waals surface area contributed by atoms with Gasteiger partial charge in [0.05, 0.1) is 12.2 Å². The molecule has 1 aromatic rings. The van der Waals surface area contributed by atoms with Gasteiger partial charge >= 0.3 is 6.18 Å². The van der Waals surface area contributed by atoms with Crippen molar-refractivity contribution in [3.63, 3.8) is 0 Å². The van der Waals surface area contributed by atoms with Crippen LogP contribution in [0.1, 0.15) is 29.9 Å². The maximum Gasteiger partial charge on any atom is 0.390 e. The number of anilines is 1. The van der Waals surface area contributed by atoms with E-state index >= 15 is 0 Å². The van der Waals surface area contributed by atoms with Crippen LogP contribution < -0.4 is 4.90 Å². The average Bonchev–Trinajstić information content (AvgIpc) is 3.25. The molecule has 2 saturated heterocycles. The van der Waals surface area contributed by atoms with E-state index in [0.29, 0.717) is 26.2 Å². The predicted molar refractivity (Wildman–Crippen MR) is 94.0 cm³/mol. The molecule has 0 radical (unpaired) electrons. The quantitative estimate of drug-likeness (QED) is 0.767. The van der Waals surface area contributed by atoms with Crippen molar-refractivity contribution < 1.29 is 21.6 Å². The van der Waals surface area contributed by atoms with Gasteiger partial charge in [-0.3, -0.25) is 0 Å². The van der Waals surface area contributed by atoms with Crippen LogP contribution in [0.5, 0.6) is 0 Å². The summed E-state index contributed by atoms with van der Waals surface area (Å²) < 4.78 is 62.9. The summed E-state index contributed by atoms with van der Waals surface area (Å²) in [5.74, 6) is 1.13. The normalized spacial score (nSPS) is 25.9. The van der Waals surface area contributed by atoms with Crippen LogP contribution in [0.2, 0.25) is 0 Å². The maximum atomic E-state index is 12.4. The van der Waals surface area contributed by atoms with E-state index in [1.165, 1.54) is 9.87 Å². The molecule has 0 N–H and O–H groups in total. The van der Waals surface area contributed by atoms with Crippen LogP contribution >= 0.6 is 0 Å². The zero-order chi connectivity index (χ0) is 19.4. The van der Waals surface area contributed by atoms with E-state index in [0.717, 1.165) is 36.6 Å². The van der Waals surface area contributed by atoms with Gasteiger partial charge in [0.15, 0.2) is 0 Å². The fraction of sp³-hybridized carbons (Fsp3) is 0.765. The van der Waals surface area contributed by atoms with Crippen molar-refractivity contribution in [3.8, 4) is 0 Å². The lowest BCUT2D eigenvalue weighted by Gasteiger charge is -2.24. The van der Waals surface area contributed by atoms with Gasteiger partial charge in [0, 0.05) is 37.4 Å². The van der Waals surface area contributed by atoms with Crippen molar-refractivity contribution in [2.24, 2.45) is 11.8 Å². The molecule has 1 aromatic heterocycles. The molecule has 0 aromatic carbocycles. The molecule has 4 rings (SSSR count). The van der Waals surface area contributed by atoms with Crippen LogP contribution in [0.3, 0.4) is 0 Å². The maximum absolute atomic E-state index is 12.4. The Morgan fingerprint density at radius 1 is 1.07 bits per heavy atom. The second-order valence-corrected chi connectivity index (χ2v) is 9.89. The number of alkyl halides is 3. The zero-order valence-corrected chi connectivity index (χ0v) is 16.0. The molecule has 2 fully saturated rings. The van der Waals surface area contributed by atoms with E-state index in [1.807, 2.05) is 6.92 Å². The molecule has 6 nitrogen and oxygen atoms in total. The van der Waals surface area contributed by atoms with Gasteiger partial charge in [0.2, 0.25) is 10.0 Å². The minimum absolute atomic E-state index is 0.137. The average molecular weight is 404 g/mol. The number of hydrogen-bond donors (Lipinski definition) is 0. The number of aromatic nitrogens is 2. The standard InChI is InChI=1S/C17H23F3N4O2S/c1-11-21-15-4-2-3-14(15)16(22-11)23-7-12-9-24(10-13(12)8-23)27(25,26)6-5-17(18,19)20/h12-13H,2-10H2,1H3. The zero-order valence-electron chi connectivity index (χ0n) is 15.2. The summed E-state index contributed by atoms with van der Waals surface area (Å²) in [6.45, 7) is 3.87. The predicted octanol–water partition coefficient (Wildman–Crippen LogP) is 1.92. The Bertz CT molecular complexity index is 829. The molecular formula is C17H23F3N4O2S. The van der Waals surface area contributed by atoms with Gasteiger partial charge in [0.25, 0.3) is 0 Å². The first-order chi connectivity index (χ1) is 12.6. The van der Waals surface area contributed by atoms with Gasteiger partial charge in [-0.05, 0) is 38.0 Å². The first-order valence-electron chi connectivity index (χ1n) is 9.28. The Hall–Kier alpha value is -1.42. The van der Waals surface area contributed by atoms with E-state index in [4.69, 9.17) is 0 Å². The highest BCUT2D eigenvalue weighted by Crippen LogP contribution is 2.38. The highest BCUT2D eigenvalue weighted by molar-refractivity contribution is 7.89. The number of nitrogens with zero attached hydrogens (tertiary/aromatic N) is 4. The Kier molecular flexibility index (Phi) is 4.61. The number of hydrogen-bond acceptors (Lipinski definition) is 5. The second-order valence-electron chi connectivity index (χ2n) is 7.80. The van der Waals surface area contributed by atoms with Crippen LogP contribution in [0.15, 0.2) is 0 Å². The summed E-state index contributed by atoms with van der Waals surface area (Å²) in [6.07, 6.45) is -2.73. The number of fused-ring (bicyclic) bond motifs is 2. The smallest absolute Gasteiger partial charge is 0.356 e. The van der Waals surface area contributed by atoms with E-state index in [-0.39, 0.29) is 11.8 Å². The molecule has 3 aliphatic rings. The van der Waals surface area contributed by atoms with E-state index < -0.39 is 28.4 Å². The first-order valence-corrected chi connectivity index (χ1v) is 10.9. The molecule has 0 saturated carbocycles. The lowest BCUT2D eigenvalue weighted by atomic mass is 10.0. The van der Waals surface area contributed by atoms with Gasteiger partial charge in [-0.15, -0.1) is 0 Å². The highest BCUT2D eigenvalue weighted by Gasteiger charge is 2.45. The molecule has 2 unspecified atom stereocenters. The fourth-order valence-corrected chi connectivity index (χ4v) is 6.10. The third-order valence-corrected chi connectivity index (χ3v) is 7.62. The van der Waals surface area contributed by atoms with Gasteiger partial charge in [0.1, 0.15) is 11.6 Å². The molecule has 27 heavy (non-hydrogen) atoms. The van der Waals surface area contributed by atoms with Gasteiger partial charge < -0.3 is 4.90 Å². The van der Waals surface area contributed by atoms with Crippen molar-refractivity contribution in [2.45, 2.75) is 38.8 Å². The van der Waals surface area contributed by atoms with Crippen LogP contribution in [0.4, 0.5) is 19.0 Å².